The Kier molecular flexibility index (Phi) is 1.25. The van der Waals surface area contributed by atoms with Gasteiger partial charge in [0.15, 0.2) is 5.79 Å². The summed E-state index contributed by atoms with van der Waals surface area (Å²) in [4.78, 5) is 0. The molecule has 0 aromatic heterocycles. The largest absolute Gasteiger partial charge is 0.348 e. The summed E-state index contributed by atoms with van der Waals surface area (Å²) in [6, 6.07) is 0. The molecule has 0 unspecified atom stereocenters. The van der Waals surface area contributed by atoms with Gasteiger partial charge in [-0.1, -0.05) is 6.92 Å². The van der Waals surface area contributed by atoms with E-state index in [0.29, 0.717) is 5.41 Å². The lowest BCUT2D eigenvalue weighted by Crippen LogP contribution is -2.36. The first-order valence-electron chi connectivity index (χ1n) is 5.00. The van der Waals surface area contributed by atoms with Crippen LogP contribution >= 0.6 is 0 Å². The van der Waals surface area contributed by atoms with Crippen LogP contribution in [0.1, 0.15) is 32.6 Å². The molecule has 0 N–H and O–H groups in total. The molecule has 2 atom stereocenters. The third-order valence-corrected chi connectivity index (χ3v) is 3.90. The fourth-order valence-corrected chi connectivity index (χ4v) is 3.01. The molecule has 68 valence electrons. The molecule has 0 radical (unpaired) electrons. The molecule has 0 aromatic rings. The van der Waals surface area contributed by atoms with Crippen LogP contribution in [0, 0.1) is 11.3 Å². The van der Waals surface area contributed by atoms with E-state index in [9.17, 15) is 0 Å². The third-order valence-electron chi connectivity index (χ3n) is 3.90. The molecule has 1 saturated heterocycles. The number of hydrogen-bond acceptors (Lipinski definition) is 2. The van der Waals surface area contributed by atoms with Crippen LogP contribution in [0.2, 0.25) is 0 Å². The number of hydrogen-bond donors (Lipinski definition) is 0. The average molecular weight is 168 g/mol. The van der Waals surface area contributed by atoms with Gasteiger partial charge in [0.05, 0.1) is 13.2 Å². The minimum Gasteiger partial charge on any atom is -0.348 e. The van der Waals surface area contributed by atoms with Gasteiger partial charge in [-0.3, -0.25) is 0 Å². The lowest BCUT2D eigenvalue weighted by molar-refractivity contribution is -0.187. The minimum atomic E-state index is -0.151. The maximum atomic E-state index is 5.72. The van der Waals surface area contributed by atoms with Crippen molar-refractivity contribution in [3.63, 3.8) is 0 Å². The van der Waals surface area contributed by atoms with Gasteiger partial charge in [-0.05, 0) is 24.2 Å². The summed E-state index contributed by atoms with van der Waals surface area (Å²) in [6.45, 7) is 3.99. The van der Waals surface area contributed by atoms with Crippen LogP contribution in [-0.4, -0.2) is 19.0 Å². The summed E-state index contributed by atoms with van der Waals surface area (Å²) in [5.41, 5.74) is 0.572. The smallest absolute Gasteiger partial charge is 0.169 e. The predicted octanol–water partition coefficient (Wildman–Crippen LogP) is 1.94. The lowest BCUT2D eigenvalue weighted by Gasteiger charge is -2.34. The van der Waals surface area contributed by atoms with Gasteiger partial charge < -0.3 is 9.47 Å². The third kappa shape index (κ3) is 0.882. The highest BCUT2D eigenvalue weighted by molar-refractivity contribution is 5.06. The van der Waals surface area contributed by atoms with Gasteiger partial charge in [0.25, 0.3) is 0 Å². The van der Waals surface area contributed by atoms with E-state index in [0.717, 1.165) is 32.0 Å². The Morgan fingerprint density at radius 3 is 2.67 bits per heavy atom. The van der Waals surface area contributed by atoms with Crippen LogP contribution < -0.4 is 0 Å². The Hall–Kier alpha value is -0.0800. The minimum absolute atomic E-state index is 0.151. The Bertz CT molecular complexity index is 208. The van der Waals surface area contributed by atoms with Gasteiger partial charge in [-0.2, -0.15) is 0 Å². The zero-order valence-electron chi connectivity index (χ0n) is 7.64. The molecular formula is C10H16O2. The fraction of sp³-hybridized carbons (Fsp3) is 1.00. The molecule has 1 spiro atoms. The van der Waals surface area contributed by atoms with Crippen LogP contribution in [0.5, 0.6) is 0 Å². The van der Waals surface area contributed by atoms with Gasteiger partial charge in [0, 0.05) is 12.8 Å². The molecule has 12 heavy (non-hydrogen) atoms. The molecule has 3 aliphatic rings. The van der Waals surface area contributed by atoms with Crippen LogP contribution in [0.15, 0.2) is 0 Å². The highest BCUT2D eigenvalue weighted by atomic mass is 16.7. The Labute approximate surface area is 73.2 Å². The van der Waals surface area contributed by atoms with Gasteiger partial charge in [-0.15, -0.1) is 0 Å². The number of rotatable bonds is 0. The van der Waals surface area contributed by atoms with Crippen molar-refractivity contribution >= 4 is 0 Å². The van der Waals surface area contributed by atoms with Crippen molar-refractivity contribution in [1.82, 2.24) is 0 Å². The maximum absolute atomic E-state index is 5.72. The Balaban J connectivity index is 1.80. The summed E-state index contributed by atoms with van der Waals surface area (Å²) in [5, 5.41) is 0. The van der Waals surface area contributed by atoms with E-state index >= 15 is 0 Å². The van der Waals surface area contributed by atoms with Gasteiger partial charge in [0.1, 0.15) is 0 Å². The summed E-state index contributed by atoms with van der Waals surface area (Å²) in [5.74, 6) is 0.831. The zero-order chi connectivity index (χ0) is 8.23. The van der Waals surface area contributed by atoms with E-state index in [2.05, 4.69) is 6.92 Å². The van der Waals surface area contributed by atoms with Gasteiger partial charge in [-0.25, -0.2) is 0 Å². The fourth-order valence-electron chi connectivity index (χ4n) is 3.01. The standard InChI is InChI=1S/C10H16O2/c1-9-6-8(9)2-3-10(7-9)11-4-5-12-10/h8H,2-7H2,1H3/t8-,9-/m0/s1. The van der Waals surface area contributed by atoms with Crippen LogP contribution in [0.25, 0.3) is 0 Å². The first-order chi connectivity index (χ1) is 5.73. The first-order valence-corrected chi connectivity index (χ1v) is 5.00. The monoisotopic (exact) mass is 168 g/mol. The highest BCUT2D eigenvalue weighted by Gasteiger charge is 2.59. The van der Waals surface area contributed by atoms with Gasteiger partial charge >= 0.3 is 0 Å². The van der Waals surface area contributed by atoms with Crippen LogP contribution in [0.3, 0.4) is 0 Å². The van der Waals surface area contributed by atoms with E-state index in [4.69, 9.17) is 9.47 Å². The predicted molar refractivity (Wildman–Crippen MR) is 44.7 cm³/mol. The molecule has 1 heterocycles. The average Bonchev–Trinajstić information content (AvgIpc) is 2.47. The van der Waals surface area contributed by atoms with Crippen molar-refractivity contribution in [3.05, 3.63) is 0 Å². The molecule has 0 amide bonds. The molecule has 2 saturated carbocycles. The van der Waals surface area contributed by atoms with E-state index < -0.39 is 0 Å². The van der Waals surface area contributed by atoms with Crippen molar-refractivity contribution in [2.45, 2.75) is 38.4 Å². The van der Waals surface area contributed by atoms with Crippen LogP contribution in [-0.2, 0) is 9.47 Å². The Morgan fingerprint density at radius 1 is 1.25 bits per heavy atom. The highest BCUT2D eigenvalue weighted by Crippen LogP contribution is 2.64. The Morgan fingerprint density at radius 2 is 2.00 bits per heavy atom. The lowest BCUT2D eigenvalue weighted by atomic mass is 9.85. The molecular weight excluding hydrogens is 152 g/mol. The van der Waals surface area contributed by atoms with Crippen molar-refractivity contribution in [2.24, 2.45) is 11.3 Å². The number of ether oxygens (including phenoxy) is 2. The summed E-state index contributed by atoms with van der Waals surface area (Å²) in [7, 11) is 0. The molecule has 2 nitrogen and oxygen atoms in total. The van der Waals surface area contributed by atoms with E-state index in [1.165, 1.54) is 12.8 Å². The van der Waals surface area contributed by atoms with Crippen molar-refractivity contribution < 1.29 is 9.47 Å². The quantitative estimate of drug-likeness (QED) is 0.550. The topological polar surface area (TPSA) is 18.5 Å². The van der Waals surface area contributed by atoms with Crippen molar-refractivity contribution in [1.29, 1.82) is 0 Å². The van der Waals surface area contributed by atoms with E-state index in [-0.39, 0.29) is 5.79 Å². The maximum Gasteiger partial charge on any atom is 0.169 e. The zero-order valence-corrected chi connectivity index (χ0v) is 7.64. The van der Waals surface area contributed by atoms with Gasteiger partial charge in [0.2, 0.25) is 0 Å². The molecule has 0 aromatic carbocycles. The van der Waals surface area contributed by atoms with Crippen molar-refractivity contribution in [3.8, 4) is 0 Å². The molecule has 1 aliphatic heterocycles. The summed E-state index contributed by atoms with van der Waals surface area (Å²) in [6.07, 6.45) is 5.00. The SMILES string of the molecule is C[C@@]12C[C@@H]1CCC1(C2)OCCO1. The summed E-state index contributed by atoms with van der Waals surface area (Å²) < 4.78 is 11.4. The second-order valence-corrected chi connectivity index (χ2v) is 4.88. The molecule has 2 aliphatic carbocycles. The first kappa shape index (κ1) is 7.34. The second kappa shape index (κ2) is 2.05. The molecule has 0 bridgehead atoms. The second-order valence-electron chi connectivity index (χ2n) is 4.88. The van der Waals surface area contributed by atoms with E-state index in [1.807, 2.05) is 0 Å². The molecule has 2 heteroatoms. The molecule has 3 fully saturated rings. The van der Waals surface area contributed by atoms with Crippen LogP contribution in [0.4, 0.5) is 0 Å². The van der Waals surface area contributed by atoms with Crippen molar-refractivity contribution in [2.75, 3.05) is 13.2 Å². The summed E-state index contributed by atoms with van der Waals surface area (Å²) >= 11 is 0. The normalized spacial score (nSPS) is 49.2. The number of fused-ring (bicyclic) bond motifs is 1. The van der Waals surface area contributed by atoms with E-state index in [1.54, 1.807) is 0 Å². The molecule has 3 rings (SSSR count).